The lowest BCUT2D eigenvalue weighted by Gasteiger charge is -2.45. The number of nitrogens with one attached hydrogen (secondary N) is 1. The molecule has 5 unspecified atom stereocenters. The highest BCUT2D eigenvalue weighted by Gasteiger charge is 2.49. The normalized spacial score (nSPS) is 27.3. The van der Waals surface area contributed by atoms with Crippen LogP contribution in [0.3, 0.4) is 0 Å². The molecule has 0 spiro atoms. The summed E-state index contributed by atoms with van der Waals surface area (Å²) in [5, 5.41) is 38.3. The number of aryl methyl sites for hydroxylation is 2. The topological polar surface area (TPSA) is 161 Å². The Morgan fingerprint density at radius 1 is 0.902 bits per heavy atom. The fraction of sp³-hybridized carbons (Fsp3) is 0.475. The number of aromatic hydroxyl groups is 2. The van der Waals surface area contributed by atoms with Crippen molar-refractivity contribution in [3.63, 3.8) is 0 Å². The molecule has 11 heteroatoms. The number of amides is 1. The molecule has 3 aromatic carbocycles. The van der Waals surface area contributed by atoms with Crippen molar-refractivity contribution in [3.05, 3.63) is 86.5 Å². The molecular formula is C40H47NO10. The van der Waals surface area contributed by atoms with Crippen LogP contribution in [0.5, 0.6) is 17.2 Å². The van der Waals surface area contributed by atoms with Crippen molar-refractivity contribution in [2.45, 2.75) is 110 Å². The van der Waals surface area contributed by atoms with Crippen molar-refractivity contribution >= 4 is 17.7 Å². The number of phenolic OH excluding ortho intramolecular Hbond substituents is 2. The summed E-state index contributed by atoms with van der Waals surface area (Å²) in [6.07, 6.45) is -2.77. The summed E-state index contributed by atoms with van der Waals surface area (Å²) in [4.78, 5) is 41.3. The number of aliphatic hydroxyl groups is 1. The lowest BCUT2D eigenvalue weighted by molar-refractivity contribution is -0.239. The van der Waals surface area contributed by atoms with Gasteiger partial charge in [0.2, 0.25) is 0 Å². The number of hydrogen-bond donors (Lipinski definition) is 4. The molecule has 272 valence electrons. The maximum atomic E-state index is 14.0. The van der Waals surface area contributed by atoms with Crippen LogP contribution in [-0.2, 0) is 19.8 Å². The minimum absolute atomic E-state index is 0.0101. The van der Waals surface area contributed by atoms with Gasteiger partial charge in [0.15, 0.2) is 17.9 Å². The molecule has 0 bridgehead atoms. The van der Waals surface area contributed by atoms with Crippen molar-refractivity contribution in [3.8, 4) is 17.2 Å². The van der Waals surface area contributed by atoms with Gasteiger partial charge in [0.1, 0.15) is 22.8 Å². The predicted octanol–water partition coefficient (Wildman–Crippen LogP) is 6.62. The van der Waals surface area contributed by atoms with Gasteiger partial charge in [-0.3, -0.25) is 9.59 Å². The number of carbonyl (C=O) groups is 3. The fourth-order valence-electron chi connectivity index (χ4n) is 7.79. The van der Waals surface area contributed by atoms with E-state index in [2.05, 4.69) is 5.32 Å². The second-order valence-corrected chi connectivity index (χ2v) is 15.0. The van der Waals surface area contributed by atoms with Gasteiger partial charge in [-0.2, -0.15) is 0 Å². The molecule has 6 rings (SSSR count). The predicted molar refractivity (Wildman–Crippen MR) is 188 cm³/mol. The zero-order chi connectivity index (χ0) is 37.3. The minimum atomic E-state index is -1.44. The van der Waals surface area contributed by atoms with E-state index < -0.39 is 64.7 Å². The monoisotopic (exact) mass is 701 g/mol. The lowest BCUT2D eigenvalue weighted by atomic mass is 9.68. The molecule has 1 saturated heterocycles. The van der Waals surface area contributed by atoms with Crippen LogP contribution in [0.25, 0.3) is 0 Å². The van der Waals surface area contributed by atoms with Gasteiger partial charge in [-0.05, 0) is 70.4 Å². The second-order valence-electron chi connectivity index (χ2n) is 15.0. The zero-order valence-corrected chi connectivity index (χ0v) is 30.5. The first-order valence-electron chi connectivity index (χ1n) is 17.4. The zero-order valence-electron chi connectivity index (χ0n) is 30.5. The van der Waals surface area contributed by atoms with Gasteiger partial charge >= 0.3 is 6.09 Å². The van der Waals surface area contributed by atoms with Crippen molar-refractivity contribution in [2.75, 3.05) is 7.11 Å². The van der Waals surface area contributed by atoms with E-state index in [1.807, 2.05) is 26.0 Å². The number of alkyl carbamates (subject to hydrolysis) is 1. The molecule has 51 heavy (non-hydrogen) atoms. The highest BCUT2D eigenvalue weighted by molar-refractivity contribution is 6.31. The van der Waals surface area contributed by atoms with Crippen LogP contribution in [0.4, 0.5) is 4.79 Å². The van der Waals surface area contributed by atoms with Gasteiger partial charge in [-0.1, -0.05) is 38.1 Å². The Bertz CT molecular complexity index is 1910. The first-order chi connectivity index (χ1) is 23.9. The van der Waals surface area contributed by atoms with E-state index in [1.54, 1.807) is 72.9 Å². The van der Waals surface area contributed by atoms with Crippen molar-refractivity contribution in [1.82, 2.24) is 5.32 Å². The smallest absolute Gasteiger partial charge is 0.408 e. The number of hydrogen-bond acceptors (Lipinski definition) is 10. The van der Waals surface area contributed by atoms with Gasteiger partial charge in [0.25, 0.3) is 0 Å². The Labute approximate surface area is 297 Å². The number of rotatable bonds is 6. The Morgan fingerprint density at radius 2 is 1.45 bits per heavy atom. The Kier molecular flexibility index (Phi) is 9.23. The molecule has 4 N–H and O–H groups in total. The second kappa shape index (κ2) is 13.0. The minimum Gasteiger partial charge on any atom is -0.507 e. The van der Waals surface area contributed by atoms with E-state index in [0.29, 0.717) is 16.9 Å². The summed E-state index contributed by atoms with van der Waals surface area (Å²) in [5.74, 6) is -2.26. The number of ether oxygens (including phenoxy) is 4. The molecule has 7 atom stereocenters. The first kappa shape index (κ1) is 36.3. The van der Waals surface area contributed by atoms with E-state index in [4.69, 9.17) is 18.9 Å². The molecule has 1 aliphatic heterocycles. The molecule has 0 radical (unpaired) electrons. The number of ketones is 2. The third kappa shape index (κ3) is 6.15. The summed E-state index contributed by atoms with van der Waals surface area (Å²) in [6.45, 7) is 14.1. The maximum absolute atomic E-state index is 14.0. The van der Waals surface area contributed by atoms with Gasteiger partial charge in [0.05, 0.1) is 36.0 Å². The highest BCUT2D eigenvalue weighted by atomic mass is 16.7. The maximum Gasteiger partial charge on any atom is 0.408 e. The largest absolute Gasteiger partial charge is 0.507 e. The summed E-state index contributed by atoms with van der Waals surface area (Å²) < 4.78 is 23.9. The summed E-state index contributed by atoms with van der Waals surface area (Å²) in [6, 6.07) is 10.3. The van der Waals surface area contributed by atoms with Crippen molar-refractivity contribution in [2.24, 2.45) is 5.92 Å². The van der Waals surface area contributed by atoms with Gasteiger partial charge in [-0.15, -0.1) is 0 Å². The third-order valence-electron chi connectivity index (χ3n) is 11.3. The molecule has 3 aromatic rings. The SMILES string of the molecule is COc1ccc(C(C)(C)OC(=O)NC2CC(O[C@H]3C[C@@](C)(O)C(C)c4c(O)c5c(c(O)c43)C(=O)c3c(C)ccc(C)c3C5=O)OC(C)C2C)cc1. The molecule has 1 heterocycles. The van der Waals surface area contributed by atoms with E-state index in [0.717, 1.165) is 5.56 Å². The fourth-order valence-corrected chi connectivity index (χ4v) is 7.79. The van der Waals surface area contributed by atoms with Crippen LogP contribution < -0.4 is 10.1 Å². The number of carbonyl (C=O) groups excluding carboxylic acids is 3. The molecule has 1 fully saturated rings. The molecule has 3 aliphatic rings. The van der Waals surface area contributed by atoms with Gasteiger partial charge < -0.3 is 39.6 Å². The lowest BCUT2D eigenvalue weighted by Crippen LogP contribution is -2.52. The molecule has 0 saturated carbocycles. The average molecular weight is 702 g/mol. The van der Waals surface area contributed by atoms with E-state index >= 15 is 0 Å². The third-order valence-corrected chi connectivity index (χ3v) is 11.3. The molecule has 2 aliphatic carbocycles. The van der Waals surface area contributed by atoms with Crippen LogP contribution in [0.15, 0.2) is 36.4 Å². The highest BCUT2D eigenvalue weighted by Crippen LogP contribution is 2.56. The number of fused-ring (bicyclic) bond motifs is 3. The number of phenols is 2. The van der Waals surface area contributed by atoms with Crippen molar-refractivity contribution in [1.29, 1.82) is 0 Å². The molecule has 11 nitrogen and oxygen atoms in total. The van der Waals surface area contributed by atoms with Gasteiger partial charge in [-0.25, -0.2) is 4.79 Å². The quantitative estimate of drug-likeness (QED) is 0.161. The van der Waals surface area contributed by atoms with Crippen molar-refractivity contribution < 1.29 is 48.7 Å². The Balaban J connectivity index is 1.30. The number of benzene rings is 3. The number of methoxy groups -OCH3 is 1. The molecule has 1 amide bonds. The summed E-state index contributed by atoms with van der Waals surface area (Å²) in [7, 11) is 1.58. The molecular weight excluding hydrogens is 654 g/mol. The summed E-state index contributed by atoms with van der Waals surface area (Å²) >= 11 is 0. The average Bonchev–Trinajstić information content (AvgIpc) is 3.06. The Hall–Kier alpha value is -4.45. The summed E-state index contributed by atoms with van der Waals surface area (Å²) in [5.41, 5.74) is -0.387. The Morgan fingerprint density at radius 3 is 2.00 bits per heavy atom. The molecule has 0 aromatic heterocycles. The standard InChI is InChI=1S/C40H47NO10/c1-18-10-11-19(2)29-28(18)34(42)32-33(35(29)43)37(45)31-26(17-40(8,47)21(4)30(31)36(32)44)50-27-16-25(20(3)22(5)49-27)41-38(46)51-39(6,7)23-12-14-24(48-9)15-13-23/h10-15,20-22,25-27,44-45,47H,16-17H2,1-9H3,(H,41,46)/t20?,21?,22?,25?,26-,27?,40+/m0/s1. The van der Waals surface area contributed by atoms with Crippen LogP contribution in [0.1, 0.15) is 126 Å². The van der Waals surface area contributed by atoms with Crippen LogP contribution in [-0.4, -0.2) is 64.1 Å². The van der Waals surface area contributed by atoms with E-state index in [9.17, 15) is 29.7 Å². The van der Waals surface area contributed by atoms with E-state index in [-0.39, 0.29) is 58.2 Å². The van der Waals surface area contributed by atoms with Gasteiger partial charge in [0, 0.05) is 53.0 Å². The van der Waals surface area contributed by atoms with Crippen LogP contribution >= 0.6 is 0 Å². The van der Waals surface area contributed by atoms with Crippen LogP contribution in [0, 0.1) is 19.8 Å². The first-order valence-corrected chi connectivity index (χ1v) is 17.4. The van der Waals surface area contributed by atoms with E-state index in [1.165, 1.54) is 0 Å². The van der Waals surface area contributed by atoms with Crippen LogP contribution in [0.2, 0.25) is 0 Å².